The minimum Gasteiger partial charge on any atom is -0.120 e. The minimum absolute atomic E-state index is 0.907. The van der Waals surface area contributed by atoms with Crippen molar-refractivity contribution in [3.63, 3.8) is 0 Å². The molecule has 0 aromatic heterocycles. The highest BCUT2D eigenvalue weighted by molar-refractivity contribution is 5.39. The summed E-state index contributed by atoms with van der Waals surface area (Å²) >= 11 is 0. The molecule has 0 aliphatic heterocycles. The summed E-state index contributed by atoms with van der Waals surface area (Å²) in [6.07, 6.45) is 9.66. The molecule has 1 aromatic carbocycles. The summed E-state index contributed by atoms with van der Waals surface area (Å²) in [6.45, 7) is 6.60. The highest BCUT2D eigenvalue weighted by Crippen LogP contribution is 2.19. The molecular formula is C15H20. The molecule has 0 bridgehead atoms. The molecule has 0 aliphatic rings. The average Bonchev–Trinajstić information content (AvgIpc) is 2.23. The van der Waals surface area contributed by atoms with E-state index < -0.39 is 0 Å². The number of terminal acetylenes is 1. The van der Waals surface area contributed by atoms with Crippen molar-refractivity contribution >= 4 is 0 Å². The lowest BCUT2D eigenvalue weighted by Crippen LogP contribution is -1.96. The smallest absolute Gasteiger partial charge is 0.00861 e. The topological polar surface area (TPSA) is 0 Å². The van der Waals surface area contributed by atoms with Gasteiger partial charge >= 0.3 is 0 Å². The Morgan fingerprint density at radius 2 is 1.73 bits per heavy atom. The van der Waals surface area contributed by atoms with Gasteiger partial charge in [0.1, 0.15) is 0 Å². The number of rotatable bonds is 4. The third-order valence-corrected chi connectivity index (χ3v) is 3.10. The molecule has 0 radical (unpaired) electrons. The standard InChI is InChI=1S/C15H20/c1-5-6-7-8-9-15-13(3)11-10-12(2)14(15)4/h1,10-11H,6-9H2,2-4H3. The highest BCUT2D eigenvalue weighted by Gasteiger charge is 2.04. The zero-order valence-electron chi connectivity index (χ0n) is 10.1. The number of aryl methyl sites for hydroxylation is 2. The van der Waals surface area contributed by atoms with Crippen molar-refractivity contribution in [2.24, 2.45) is 0 Å². The summed E-state index contributed by atoms with van der Waals surface area (Å²) in [4.78, 5) is 0. The Kier molecular flexibility index (Phi) is 4.43. The van der Waals surface area contributed by atoms with E-state index in [4.69, 9.17) is 6.42 Å². The van der Waals surface area contributed by atoms with Crippen LogP contribution in [0.4, 0.5) is 0 Å². The van der Waals surface area contributed by atoms with Crippen LogP contribution in [0.25, 0.3) is 0 Å². The van der Waals surface area contributed by atoms with E-state index in [0.717, 1.165) is 12.8 Å². The van der Waals surface area contributed by atoms with Crippen molar-refractivity contribution in [2.75, 3.05) is 0 Å². The predicted molar refractivity (Wildman–Crippen MR) is 67.0 cm³/mol. The molecule has 0 saturated carbocycles. The Morgan fingerprint density at radius 3 is 2.40 bits per heavy atom. The van der Waals surface area contributed by atoms with Gasteiger partial charge in [0, 0.05) is 6.42 Å². The van der Waals surface area contributed by atoms with E-state index in [-0.39, 0.29) is 0 Å². The zero-order chi connectivity index (χ0) is 11.3. The van der Waals surface area contributed by atoms with Gasteiger partial charge in [-0.15, -0.1) is 12.3 Å². The summed E-state index contributed by atoms with van der Waals surface area (Å²) < 4.78 is 0. The summed E-state index contributed by atoms with van der Waals surface area (Å²) in [5.74, 6) is 2.69. The molecular weight excluding hydrogens is 180 g/mol. The number of benzene rings is 1. The van der Waals surface area contributed by atoms with Gasteiger partial charge in [-0.2, -0.15) is 0 Å². The van der Waals surface area contributed by atoms with E-state index in [9.17, 15) is 0 Å². The van der Waals surface area contributed by atoms with Crippen LogP contribution in [0.1, 0.15) is 41.5 Å². The molecule has 1 aromatic rings. The molecule has 0 nitrogen and oxygen atoms in total. The van der Waals surface area contributed by atoms with Crippen LogP contribution in [-0.4, -0.2) is 0 Å². The fourth-order valence-electron chi connectivity index (χ4n) is 1.92. The molecule has 0 atom stereocenters. The monoisotopic (exact) mass is 200 g/mol. The van der Waals surface area contributed by atoms with Crippen molar-refractivity contribution in [2.45, 2.75) is 46.5 Å². The van der Waals surface area contributed by atoms with Gasteiger partial charge in [0.2, 0.25) is 0 Å². The molecule has 80 valence electrons. The van der Waals surface area contributed by atoms with Gasteiger partial charge in [-0.05, 0) is 62.3 Å². The van der Waals surface area contributed by atoms with Gasteiger partial charge in [0.25, 0.3) is 0 Å². The van der Waals surface area contributed by atoms with E-state index in [1.807, 2.05) is 0 Å². The largest absolute Gasteiger partial charge is 0.120 e. The fourth-order valence-corrected chi connectivity index (χ4v) is 1.92. The molecule has 0 saturated heterocycles. The molecule has 15 heavy (non-hydrogen) atoms. The third kappa shape index (κ3) is 3.13. The quantitative estimate of drug-likeness (QED) is 0.510. The van der Waals surface area contributed by atoms with Crippen LogP contribution >= 0.6 is 0 Å². The van der Waals surface area contributed by atoms with Crippen molar-refractivity contribution in [3.05, 3.63) is 34.4 Å². The lowest BCUT2D eigenvalue weighted by Gasteiger charge is -2.11. The average molecular weight is 200 g/mol. The van der Waals surface area contributed by atoms with Gasteiger partial charge < -0.3 is 0 Å². The fraction of sp³-hybridized carbons (Fsp3) is 0.467. The first-order chi connectivity index (χ1) is 7.16. The first kappa shape index (κ1) is 11.9. The van der Waals surface area contributed by atoms with E-state index in [1.54, 1.807) is 0 Å². The van der Waals surface area contributed by atoms with E-state index >= 15 is 0 Å². The van der Waals surface area contributed by atoms with E-state index in [2.05, 4.69) is 38.8 Å². The summed E-state index contributed by atoms with van der Waals surface area (Å²) in [5, 5.41) is 0. The Bertz CT molecular complexity index is 366. The highest BCUT2D eigenvalue weighted by atomic mass is 14.1. The van der Waals surface area contributed by atoms with Gasteiger partial charge in [0.15, 0.2) is 0 Å². The van der Waals surface area contributed by atoms with Crippen LogP contribution in [-0.2, 0) is 6.42 Å². The van der Waals surface area contributed by atoms with Crippen LogP contribution in [0, 0.1) is 33.1 Å². The molecule has 0 spiro atoms. The SMILES string of the molecule is C#CCCCCc1c(C)ccc(C)c1C. The normalized spacial score (nSPS) is 10.0. The Hall–Kier alpha value is -1.22. The summed E-state index contributed by atoms with van der Waals surface area (Å²) in [6, 6.07) is 4.43. The molecule has 0 amide bonds. The van der Waals surface area contributed by atoms with Crippen LogP contribution in [0.5, 0.6) is 0 Å². The molecule has 0 fully saturated rings. The van der Waals surface area contributed by atoms with Gasteiger partial charge in [-0.1, -0.05) is 12.1 Å². The van der Waals surface area contributed by atoms with Gasteiger partial charge in [0.05, 0.1) is 0 Å². The summed E-state index contributed by atoms with van der Waals surface area (Å²) in [5.41, 5.74) is 5.79. The molecule has 0 heterocycles. The predicted octanol–water partition coefficient (Wildman–Crippen LogP) is 3.96. The lowest BCUT2D eigenvalue weighted by molar-refractivity contribution is 0.750. The second kappa shape index (κ2) is 5.61. The Labute approximate surface area is 93.7 Å². The van der Waals surface area contributed by atoms with E-state index in [0.29, 0.717) is 0 Å². The summed E-state index contributed by atoms with van der Waals surface area (Å²) in [7, 11) is 0. The Balaban J connectivity index is 2.68. The molecule has 0 N–H and O–H groups in total. The van der Waals surface area contributed by atoms with Crippen molar-refractivity contribution in [1.82, 2.24) is 0 Å². The maximum absolute atomic E-state index is 5.24. The Morgan fingerprint density at radius 1 is 1.07 bits per heavy atom. The second-order valence-corrected chi connectivity index (χ2v) is 4.21. The molecule has 0 heteroatoms. The van der Waals surface area contributed by atoms with E-state index in [1.165, 1.54) is 35.1 Å². The van der Waals surface area contributed by atoms with Crippen molar-refractivity contribution < 1.29 is 0 Å². The number of hydrogen-bond acceptors (Lipinski definition) is 0. The van der Waals surface area contributed by atoms with Gasteiger partial charge in [-0.3, -0.25) is 0 Å². The third-order valence-electron chi connectivity index (χ3n) is 3.10. The van der Waals surface area contributed by atoms with Gasteiger partial charge in [-0.25, -0.2) is 0 Å². The number of unbranched alkanes of at least 4 members (excludes halogenated alkanes) is 2. The molecule has 0 unspecified atom stereocenters. The van der Waals surface area contributed by atoms with Crippen molar-refractivity contribution in [3.8, 4) is 12.3 Å². The molecule has 1 rings (SSSR count). The maximum atomic E-state index is 5.24. The number of hydrogen-bond donors (Lipinski definition) is 0. The second-order valence-electron chi connectivity index (χ2n) is 4.21. The van der Waals surface area contributed by atoms with Crippen LogP contribution in [0.3, 0.4) is 0 Å². The van der Waals surface area contributed by atoms with Crippen LogP contribution < -0.4 is 0 Å². The molecule has 0 aliphatic carbocycles. The van der Waals surface area contributed by atoms with Crippen LogP contribution in [0.15, 0.2) is 12.1 Å². The van der Waals surface area contributed by atoms with Crippen molar-refractivity contribution in [1.29, 1.82) is 0 Å². The first-order valence-electron chi connectivity index (χ1n) is 5.66. The maximum Gasteiger partial charge on any atom is 0.00861 e. The zero-order valence-corrected chi connectivity index (χ0v) is 10.1. The minimum atomic E-state index is 0.907. The van der Waals surface area contributed by atoms with Crippen LogP contribution in [0.2, 0.25) is 0 Å². The first-order valence-corrected chi connectivity index (χ1v) is 5.66. The lowest BCUT2D eigenvalue weighted by atomic mass is 9.94.